The Kier molecular flexibility index (Phi) is 5.83. The number of nitrogens with two attached hydrogens (primary N) is 1. The number of rotatable bonds is 5. The molecular formula is C22H22F2N4O3S. The highest BCUT2D eigenvalue weighted by Crippen LogP contribution is 2.39. The van der Waals surface area contributed by atoms with Gasteiger partial charge in [0.05, 0.1) is 23.3 Å². The van der Waals surface area contributed by atoms with E-state index in [-0.39, 0.29) is 34.4 Å². The van der Waals surface area contributed by atoms with Crippen molar-refractivity contribution in [1.29, 1.82) is 0 Å². The molecular weight excluding hydrogens is 438 g/mol. The predicted molar refractivity (Wildman–Crippen MR) is 116 cm³/mol. The molecule has 32 heavy (non-hydrogen) atoms. The molecule has 0 fully saturated rings. The smallest absolute Gasteiger partial charge is 0.238 e. The Hall–Kier alpha value is -3.11. The number of benzene rings is 2. The molecule has 0 radical (unpaired) electrons. The van der Waals surface area contributed by atoms with Crippen LogP contribution < -0.4 is 14.8 Å². The lowest BCUT2D eigenvalue weighted by Crippen LogP contribution is -2.38. The fourth-order valence-corrected chi connectivity index (χ4v) is 4.16. The molecule has 1 aromatic heterocycles. The Bertz CT molecular complexity index is 1260. The highest BCUT2D eigenvalue weighted by Gasteiger charge is 2.25. The third kappa shape index (κ3) is 4.42. The van der Waals surface area contributed by atoms with E-state index >= 15 is 0 Å². The van der Waals surface area contributed by atoms with E-state index < -0.39 is 21.7 Å². The Morgan fingerprint density at radius 2 is 1.88 bits per heavy atom. The van der Waals surface area contributed by atoms with Gasteiger partial charge in [0.15, 0.2) is 17.4 Å². The van der Waals surface area contributed by atoms with Crippen LogP contribution in [0.15, 0.2) is 47.5 Å². The van der Waals surface area contributed by atoms with Gasteiger partial charge in [-0.2, -0.15) is 0 Å². The Morgan fingerprint density at radius 3 is 2.53 bits per heavy atom. The van der Waals surface area contributed by atoms with E-state index in [0.717, 1.165) is 6.20 Å². The first-order chi connectivity index (χ1) is 15.1. The lowest BCUT2D eigenvalue weighted by molar-refractivity contribution is 0.287. The minimum atomic E-state index is -3.79. The van der Waals surface area contributed by atoms with Crippen LogP contribution in [0, 0.1) is 11.6 Å². The van der Waals surface area contributed by atoms with Crippen molar-refractivity contribution in [2.75, 3.05) is 18.1 Å². The maximum atomic E-state index is 14.8. The van der Waals surface area contributed by atoms with Gasteiger partial charge in [0, 0.05) is 18.0 Å². The van der Waals surface area contributed by atoms with Gasteiger partial charge in [0.25, 0.3) is 0 Å². The van der Waals surface area contributed by atoms with E-state index in [9.17, 15) is 17.2 Å². The average Bonchev–Trinajstić information content (AvgIpc) is 2.74. The summed E-state index contributed by atoms with van der Waals surface area (Å²) in [5, 5.41) is 5.11. The van der Waals surface area contributed by atoms with Crippen LogP contribution in [0.3, 0.4) is 0 Å². The van der Waals surface area contributed by atoms with Crippen molar-refractivity contribution in [2.24, 2.45) is 5.14 Å². The minimum absolute atomic E-state index is 0.0107. The molecule has 3 aromatic rings. The van der Waals surface area contributed by atoms with Crippen LogP contribution in [-0.2, 0) is 16.4 Å². The fraction of sp³-hybridized carbons (Fsp3) is 0.273. The normalized spacial score (nSPS) is 13.8. The summed E-state index contributed by atoms with van der Waals surface area (Å²) in [4.78, 5) is 10.3. The van der Waals surface area contributed by atoms with Crippen LogP contribution in [0.2, 0.25) is 0 Å². The zero-order chi connectivity index (χ0) is 23.0. The average molecular weight is 461 g/mol. The van der Waals surface area contributed by atoms with Crippen molar-refractivity contribution in [2.45, 2.75) is 31.2 Å². The summed E-state index contributed by atoms with van der Waals surface area (Å²) in [6, 6.07) is 8.93. The third-order valence-electron chi connectivity index (χ3n) is 5.22. The molecule has 168 valence electrons. The van der Waals surface area contributed by atoms with E-state index in [2.05, 4.69) is 9.97 Å². The van der Waals surface area contributed by atoms with Crippen molar-refractivity contribution in [3.8, 4) is 17.0 Å². The van der Waals surface area contributed by atoms with Gasteiger partial charge in [-0.05, 0) is 43.7 Å². The number of nitrogens with zero attached hydrogens (tertiary/aromatic N) is 3. The maximum absolute atomic E-state index is 14.8. The van der Waals surface area contributed by atoms with Gasteiger partial charge in [-0.15, -0.1) is 0 Å². The molecule has 0 atom stereocenters. The van der Waals surface area contributed by atoms with Gasteiger partial charge in [-0.3, -0.25) is 0 Å². The topological polar surface area (TPSA) is 98.4 Å². The lowest BCUT2D eigenvalue weighted by atomic mass is 10.1. The molecule has 0 amide bonds. The number of halogens is 2. The monoisotopic (exact) mass is 460 g/mol. The van der Waals surface area contributed by atoms with Crippen molar-refractivity contribution in [3.63, 3.8) is 0 Å². The summed E-state index contributed by atoms with van der Waals surface area (Å²) < 4.78 is 57.7. The molecule has 0 aliphatic carbocycles. The summed E-state index contributed by atoms with van der Waals surface area (Å²) in [7, 11) is -3.79. The Morgan fingerprint density at radius 1 is 1.16 bits per heavy atom. The van der Waals surface area contributed by atoms with Crippen molar-refractivity contribution in [3.05, 3.63) is 65.6 Å². The maximum Gasteiger partial charge on any atom is 0.238 e. The molecule has 0 bridgehead atoms. The van der Waals surface area contributed by atoms with E-state index in [1.807, 2.05) is 18.7 Å². The standard InChI is InChI=1S/C22H22F2N4O3S/c1-13(2)28-7-8-31-22-17(23)10-15(11-19(22)28)21-18(24)12-26-20(27-21)9-14-3-5-16(6-4-14)32(25,29)30/h3-6,10-13H,7-9H2,1-2H3,(H2,25,29,30). The second-order valence-corrected chi connectivity index (χ2v) is 9.35. The van der Waals surface area contributed by atoms with Crippen molar-refractivity contribution >= 4 is 15.7 Å². The first-order valence-electron chi connectivity index (χ1n) is 10.00. The van der Waals surface area contributed by atoms with Crippen LogP contribution in [0.25, 0.3) is 11.3 Å². The second kappa shape index (κ2) is 8.44. The molecule has 4 rings (SSSR count). The summed E-state index contributed by atoms with van der Waals surface area (Å²) in [5.74, 6) is -0.801. The number of fused-ring (bicyclic) bond motifs is 1. The first kappa shape index (κ1) is 22.1. The minimum Gasteiger partial charge on any atom is -0.486 e. The van der Waals surface area contributed by atoms with Crippen LogP contribution in [0.5, 0.6) is 5.75 Å². The Labute approximate surface area is 184 Å². The van der Waals surface area contributed by atoms with Gasteiger partial charge < -0.3 is 9.64 Å². The summed E-state index contributed by atoms with van der Waals surface area (Å²) in [6.45, 7) is 4.95. The van der Waals surface area contributed by atoms with Crippen LogP contribution in [0.4, 0.5) is 14.5 Å². The van der Waals surface area contributed by atoms with Gasteiger partial charge in [0.2, 0.25) is 10.0 Å². The van der Waals surface area contributed by atoms with Crippen molar-refractivity contribution < 1.29 is 21.9 Å². The second-order valence-electron chi connectivity index (χ2n) is 7.79. The van der Waals surface area contributed by atoms with Crippen LogP contribution in [-0.4, -0.2) is 37.6 Å². The van der Waals surface area contributed by atoms with E-state index in [1.54, 1.807) is 18.2 Å². The number of aromatic nitrogens is 2. The van der Waals surface area contributed by atoms with Crippen LogP contribution in [0.1, 0.15) is 25.2 Å². The van der Waals surface area contributed by atoms with Crippen molar-refractivity contribution in [1.82, 2.24) is 9.97 Å². The Balaban J connectivity index is 1.69. The highest BCUT2D eigenvalue weighted by atomic mass is 32.2. The molecule has 2 N–H and O–H groups in total. The number of hydrogen-bond donors (Lipinski definition) is 1. The molecule has 0 saturated carbocycles. The summed E-state index contributed by atoms with van der Waals surface area (Å²) >= 11 is 0. The molecule has 0 spiro atoms. The van der Waals surface area contributed by atoms with E-state index in [0.29, 0.717) is 30.2 Å². The molecule has 0 unspecified atom stereocenters. The van der Waals surface area contributed by atoms with Gasteiger partial charge in [-0.25, -0.2) is 32.3 Å². The highest BCUT2D eigenvalue weighted by molar-refractivity contribution is 7.89. The lowest BCUT2D eigenvalue weighted by Gasteiger charge is -2.34. The molecule has 1 aliphatic heterocycles. The number of sulfonamides is 1. The molecule has 1 aliphatic rings. The number of ether oxygens (including phenoxy) is 1. The number of hydrogen-bond acceptors (Lipinski definition) is 6. The first-order valence-corrected chi connectivity index (χ1v) is 11.5. The van der Waals surface area contributed by atoms with Gasteiger partial charge in [0.1, 0.15) is 18.1 Å². The quantitative estimate of drug-likeness (QED) is 0.628. The molecule has 7 nitrogen and oxygen atoms in total. The molecule has 2 aromatic carbocycles. The largest absolute Gasteiger partial charge is 0.486 e. The number of primary sulfonamides is 1. The third-order valence-corrected chi connectivity index (χ3v) is 6.15. The van der Waals surface area contributed by atoms with E-state index in [4.69, 9.17) is 9.88 Å². The van der Waals surface area contributed by atoms with Gasteiger partial charge in [-0.1, -0.05) is 12.1 Å². The van der Waals surface area contributed by atoms with E-state index in [1.165, 1.54) is 18.2 Å². The zero-order valence-corrected chi connectivity index (χ0v) is 18.4. The summed E-state index contributed by atoms with van der Waals surface area (Å²) in [5.41, 5.74) is 1.53. The van der Waals surface area contributed by atoms with Gasteiger partial charge >= 0.3 is 0 Å². The molecule has 10 heteroatoms. The summed E-state index contributed by atoms with van der Waals surface area (Å²) in [6.07, 6.45) is 1.28. The molecule has 2 heterocycles. The van der Waals surface area contributed by atoms with Crippen LogP contribution >= 0.6 is 0 Å². The fourth-order valence-electron chi connectivity index (χ4n) is 3.65. The predicted octanol–water partition coefficient (Wildman–Crippen LogP) is 3.27. The number of anilines is 1. The zero-order valence-electron chi connectivity index (χ0n) is 17.5. The molecule has 0 saturated heterocycles. The SMILES string of the molecule is CC(C)N1CCOc2c(F)cc(-c3nc(Cc4ccc(S(N)(=O)=O)cc4)ncc3F)cc21.